The van der Waals surface area contributed by atoms with E-state index in [1.54, 1.807) is 57.2 Å². The van der Waals surface area contributed by atoms with E-state index in [4.69, 9.17) is 14.2 Å². The first-order valence-corrected chi connectivity index (χ1v) is 50.4. The number of methoxy groups -OCH3 is 1. The van der Waals surface area contributed by atoms with Gasteiger partial charge in [-0.1, -0.05) is 256 Å². The van der Waals surface area contributed by atoms with Gasteiger partial charge in [-0.25, -0.2) is 32.3 Å². The number of benzene rings is 13. The zero-order chi connectivity index (χ0) is 103. The summed E-state index contributed by atoms with van der Waals surface area (Å²) in [4.78, 5) is 60.9. The minimum atomic E-state index is -0.665. The summed E-state index contributed by atoms with van der Waals surface area (Å²) in [5, 5.41) is 20.3. The second kappa shape index (κ2) is 46.7. The number of aromatic hydroxyl groups is 2. The molecule has 730 valence electrons. The summed E-state index contributed by atoms with van der Waals surface area (Å²) in [6, 6.07) is 85.4. The van der Waals surface area contributed by atoms with Crippen LogP contribution in [0.3, 0.4) is 0 Å². The molecular weight excluding hydrogens is 1850 g/mol. The van der Waals surface area contributed by atoms with Gasteiger partial charge in [0, 0.05) is 65.4 Å². The summed E-state index contributed by atoms with van der Waals surface area (Å²) in [5.41, 5.74) is 25.6. The standard InChI is InChI=1S/C29H25FO2.C29H26O3.C28H24O3.C22H21FO2S.C21H19FOS/c2*1-4-32-28(31)24-14-12-21(19-27(24)30)11-10-20-13-15-26-25(18-20)23(16-17-29(26,2)3)22-8-6-5-7-9-22;1-28(2)16-15-22(21-7-5-4-6-8-21)24-17-19(12-14-25(24)28)9-10-20-11-13-23(26(29)18-20)27(30)31-3;1-4-25-21(24)17-9-7-16(14-19(17)23)6-5-15-8-10-20-18(13-15)22(2,3)11-12-26-20;1-14(23)17-8-6-16(13-19(17)22)5-4-15-7-9-20-18(12-15)21(2,3)10-11-24-20/h5-9,12-16,18-19H,4,17H2,1-3H3;5-9,12-16,18-19,30H,4,17H2,1-3H3;4-8,11-15,17-18,29H,16H2,1-3H3;7-10,13-14H,4,11-12H2,1-3H3;6-9,12-13H,10-11H2,1-3H3. The van der Waals surface area contributed by atoms with Crippen LogP contribution in [0.15, 0.2) is 301 Å². The monoisotopic (exact) mass is 1960 g/mol. The van der Waals surface area contributed by atoms with E-state index in [1.807, 2.05) is 84.2 Å². The van der Waals surface area contributed by atoms with E-state index in [9.17, 15) is 47.4 Å². The molecule has 2 heterocycles. The summed E-state index contributed by atoms with van der Waals surface area (Å²) in [6.07, 6.45) is 12.2. The lowest BCUT2D eigenvalue weighted by atomic mass is 9.72. The van der Waals surface area contributed by atoms with E-state index in [1.165, 1.54) is 156 Å². The first-order chi connectivity index (χ1) is 69.4. The van der Waals surface area contributed by atoms with E-state index in [0.717, 1.165) is 71.4 Å². The summed E-state index contributed by atoms with van der Waals surface area (Å²) < 4.78 is 61.6. The number of esters is 4. The van der Waals surface area contributed by atoms with Gasteiger partial charge in [0.1, 0.15) is 40.1 Å². The quantitative estimate of drug-likeness (QED) is 0.0545. The Bertz CT molecular complexity index is 7400. The van der Waals surface area contributed by atoms with Crippen molar-refractivity contribution in [3.05, 3.63) is 453 Å². The summed E-state index contributed by atoms with van der Waals surface area (Å²) in [6.45, 7) is 29.7. The molecule has 18 rings (SSSR count). The molecule has 0 amide bonds. The van der Waals surface area contributed by atoms with E-state index in [0.29, 0.717) is 27.8 Å². The number of fused-ring (bicyclic) bond motifs is 5. The Balaban J connectivity index is 0.000000144. The highest BCUT2D eigenvalue weighted by Crippen LogP contribution is 2.48. The van der Waals surface area contributed by atoms with E-state index in [2.05, 4.69) is 273 Å². The zero-order valence-electron chi connectivity index (χ0n) is 84.3. The van der Waals surface area contributed by atoms with Crippen LogP contribution in [0.1, 0.15) is 298 Å². The van der Waals surface area contributed by atoms with Gasteiger partial charge < -0.3 is 29.2 Å². The minimum Gasteiger partial charge on any atom is -0.507 e. The molecule has 0 atom stereocenters. The van der Waals surface area contributed by atoms with E-state index >= 15 is 0 Å². The third-order valence-electron chi connectivity index (χ3n) is 26.1. The Kier molecular flexibility index (Phi) is 33.9. The Morgan fingerprint density at radius 3 is 0.841 bits per heavy atom. The fourth-order valence-corrected chi connectivity index (χ4v) is 20.7. The van der Waals surface area contributed by atoms with E-state index in [-0.39, 0.29) is 92.0 Å². The second-order valence-corrected chi connectivity index (χ2v) is 41.2. The molecule has 16 heteroatoms. The molecule has 0 saturated heterocycles. The first kappa shape index (κ1) is 105. The molecule has 5 aliphatic rings. The Morgan fingerprint density at radius 2 is 0.559 bits per heavy atom. The number of hydrogen-bond donors (Lipinski definition) is 2. The molecule has 3 aliphatic carbocycles. The number of halogens is 3. The third-order valence-corrected chi connectivity index (χ3v) is 28.3. The number of rotatable bonds is 11. The van der Waals surface area contributed by atoms with Crippen molar-refractivity contribution in [2.24, 2.45) is 0 Å². The topological polar surface area (TPSA) is 163 Å². The first-order valence-electron chi connectivity index (χ1n) is 48.5. The van der Waals surface area contributed by atoms with Gasteiger partial charge in [-0.05, 0) is 340 Å². The number of allylic oxidation sites excluding steroid dienone is 3. The molecule has 2 aliphatic heterocycles. The Labute approximate surface area is 858 Å². The van der Waals surface area contributed by atoms with Crippen molar-refractivity contribution in [1.82, 2.24) is 0 Å². The number of carbonyl (C=O) groups excluding carboxylic acids is 5. The highest BCUT2D eigenvalue weighted by atomic mass is 32.2. The fourth-order valence-electron chi connectivity index (χ4n) is 17.8. The largest absolute Gasteiger partial charge is 0.507 e. The molecule has 0 radical (unpaired) electrons. The number of carbonyl (C=O) groups is 5. The third kappa shape index (κ3) is 26.1. The number of ketones is 1. The van der Waals surface area contributed by atoms with Crippen molar-refractivity contribution in [2.75, 3.05) is 38.4 Å². The number of thioether (sulfide) groups is 2. The van der Waals surface area contributed by atoms with Crippen molar-refractivity contribution in [3.63, 3.8) is 0 Å². The van der Waals surface area contributed by atoms with Crippen LogP contribution >= 0.6 is 23.5 Å². The maximum Gasteiger partial charge on any atom is 0.341 e. The zero-order valence-corrected chi connectivity index (χ0v) is 85.9. The highest BCUT2D eigenvalue weighted by Gasteiger charge is 2.34. The lowest BCUT2D eigenvalue weighted by Gasteiger charge is -2.32. The number of Topliss-reactive ketones (excluding diaryl/α,β-unsaturated/α-hetero) is 1. The van der Waals surface area contributed by atoms with Crippen molar-refractivity contribution < 1.29 is 66.3 Å². The molecule has 11 nitrogen and oxygen atoms in total. The van der Waals surface area contributed by atoms with Gasteiger partial charge in [0.25, 0.3) is 0 Å². The van der Waals surface area contributed by atoms with Gasteiger partial charge in [-0.2, -0.15) is 0 Å². The molecule has 145 heavy (non-hydrogen) atoms. The molecule has 0 aromatic heterocycles. The van der Waals surface area contributed by atoms with Gasteiger partial charge in [0.2, 0.25) is 0 Å². The number of hydrogen-bond acceptors (Lipinski definition) is 13. The number of ether oxygens (including phenoxy) is 4. The van der Waals surface area contributed by atoms with Crippen LogP contribution in [0.2, 0.25) is 0 Å². The average Bonchev–Trinajstić information content (AvgIpc) is 0.761. The van der Waals surface area contributed by atoms with Crippen molar-refractivity contribution in [2.45, 2.75) is 166 Å². The second-order valence-electron chi connectivity index (χ2n) is 38.9. The SMILES string of the molecule is CC(=O)c1ccc(C#Cc2ccc3c(c2)C(C)(C)CCS3)cc1F.CCOC(=O)c1ccc(C#Cc2ccc3c(c2)C(C)(C)CCS3)cc1F.CCOC(=O)c1ccc(C#Cc2ccc3c(c2)C(c2ccccc2)=CCC3(C)C)cc1F.CCOC(=O)c1ccc(C#Cc2ccc3c(c2)C(c2ccccc2)=CCC3(C)C)cc1O.COC(=O)c1ccc(C#Cc2ccc3c(c2)C(c2ccccc2)=CCC3(C)C)cc1O. The summed E-state index contributed by atoms with van der Waals surface area (Å²) in [7, 11) is 1.28. The van der Waals surface area contributed by atoms with Crippen LogP contribution in [0.5, 0.6) is 11.5 Å². The van der Waals surface area contributed by atoms with Crippen molar-refractivity contribution >= 4 is 69.9 Å². The van der Waals surface area contributed by atoms with Gasteiger partial charge in [-0.15, -0.1) is 23.5 Å². The fraction of sp³-hybridized carbons (Fsp3) is 0.233. The minimum absolute atomic E-state index is 0.0473. The molecule has 2 N–H and O–H groups in total. The Hall–Kier alpha value is -15.5. The molecule has 13 aromatic carbocycles. The highest BCUT2D eigenvalue weighted by molar-refractivity contribution is 7.99. The maximum absolute atomic E-state index is 14.3. The van der Waals surface area contributed by atoms with Gasteiger partial charge in [0.05, 0.1) is 43.6 Å². The Morgan fingerprint density at radius 1 is 0.303 bits per heavy atom. The average molecular weight is 1960 g/mol. The summed E-state index contributed by atoms with van der Waals surface area (Å²) >= 11 is 3.77. The van der Waals surface area contributed by atoms with Gasteiger partial charge >= 0.3 is 23.9 Å². The lowest BCUT2D eigenvalue weighted by Crippen LogP contribution is -2.22. The van der Waals surface area contributed by atoms with Crippen molar-refractivity contribution in [3.8, 4) is 70.7 Å². The molecular formula is C129H115F3O11S2. The van der Waals surface area contributed by atoms with Crippen LogP contribution < -0.4 is 0 Å². The predicted octanol–water partition coefficient (Wildman–Crippen LogP) is 28.7. The normalized spacial score (nSPS) is 14.3. The van der Waals surface area contributed by atoms with Crippen LogP contribution in [0, 0.1) is 76.7 Å². The number of phenolic OH excluding ortho intramolecular Hbond substituents is 2. The molecule has 0 spiro atoms. The van der Waals surface area contributed by atoms with Crippen LogP contribution in [0.25, 0.3) is 16.7 Å². The van der Waals surface area contributed by atoms with Crippen LogP contribution in [0.4, 0.5) is 13.2 Å². The molecule has 0 bridgehead atoms. The van der Waals surface area contributed by atoms with Crippen LogP contribution in [-0.4, -0.2) is 78.3 Å². The van der Waals surface area contributed by atoms with Crippen molar-refractivity contribution in [1.29, 1.82) is 0 Å². The van der Waals surface area contributed by atoms with E-state index < -0.39 is 41.3 Å². The van der Waals surface area contributed by atoms with Gasteiger partial charge in [0.15, 0.2) is 5.78 Å². The predicted molar refractivity (Wildman–Crippen MR) is 577 cm³/mol. The summed E-state index contributed by atoms with van der Waals surface area (Å²) in [5.74, 6) is 28.5. The maximum atomic E-state index is 14.3. The molecule has 0 unspecified atom stereocenters. The smallest absolute Gasteiger partial charge is 0.341 e. The van der Waals surface area contributed by atoms with Gasteiger partial charge in [-0.3, -0.25) is 4.79 Å². The lowest BCUT2D eigenvalue weighted by molar-refractivity contribution is 0.0511. The molecule has 0 fully saturated rings. The number of phenols is 2. The molecule has 0 saturated carbocycles. The molecule has 13 aromatic rings. The van der Waals surface area contributed by atoms with Crippen LogP contribution in [-0.2, 0) is 46.0 Å².